The monoisotopic (exact) mass is 194 g/mol. The van der Waals surface area contributed by atoms with Crippen molar-refractivity contribution in [1.29, 1.82) is 0 Å². The summed E-state index contributed by atoms with van der Waals surface area (Å²) in [5, 5.41) is 9.80. The third-order valence-electron chi connectivity index (χ3n) is 2.91. The lowest BCUT2D eigenvalue weighted by molar-refractivity contribution is 0.104. The van der Waals surface area contributed by atoms with Gasteiger partial charge in [-0.05, 0) is 44.4 Å². The summed E-state index contributed by atoms with van der Waals surface area (Å²) in [6.07, 6.45) is 15.3. The van der Waals surface area contributed by atoms with E-state index in [-0.39, 0.29) is 6.10 Å². The van der Waals surface area contributed by atoms with Crippen molar-refractivity contribution >= 4 is 0 Å². The molecule has 0 bridgehead atoms. The Labute approximate surface area is 87.5 Å². The topological polar surface area (TPSA) is 20.2 Å². The van der Waals surface area contributed by atoms with Crippen LogP contribution in [0.3, 0.4) is 0 Å². The highest BCUT2D eigenvalue weighted by atomic mass is 16.3. The van der Waals surface area contributed by atoms with E-state index >= 15 is 0 Å². The zero-order valence-corrected chi connectivity index (χ0v) is 9.15. The summed E-state index contributed by atoms with van der Waals surface area (Å²) < 4.78 is 0. The van der Waals surface area contributed by atoms with Gasteiger partial charge < -0.3 is 5.11 Å². The van der Waals surface area contributed by atoms with Gasteiger partial charge in [0.1, 0.15) is 0 Å². The minimum atomic E-state index is -0.118. The Morgan fingerprint density at radius 3 is 2.00 bits per heavy atom. The fourth-order valence-electron chi connectivity index (χ4n) is 1.77. The van der Waals surface area contributed by atoms with Crippen LogP contribution >= 0.6 is 0 Å². The summed E-state index contributed by atoms with van der Waals surface area (Å²) in [4.78, 5) is 0. The largest absolute Gasteiger partial charge is 0.393 e. The van der Waals surface area contributed by atoms with E-state index in [1.54, 1.807) is 0 Å². The molecular weight excluding hydrogens is 172 g/mol. The first-order valence-corrected chi connectivity index (χ1v) is 5.79. The first-order valence-electron chi connectivity index (χ1n) is 5.79. The zero-order valence-electron chi connectivity index (χ0n) is 9.15. The van der Waals surface area contributed by atoms with Crippen molar-refractivity contribution in [2.24, 2.45) is 5.92 Å². The second kappa shape index (κ2) is 6.83. The second-order valence-corrected chi connectivity index (χ2v) is 4.22. The highest BCUT2D eigenvalue weighted by molar-refractivity contribution is 4.90. The lowest BCUT2D eigenvalue weighted by atomic mass is 9.95. The van der Waals surface area contributed by atoms with Crippen LogP contribution in [-0.2, 0) is 0 Å². The van der Waals surface area contributed by atoms with E-state index < -0.39 is 0 Å². The van der Waals surface area contributed by atoms with Gasteiger partial charge in [0.2, 0.25) is 0 Å². The Morgan fingerprint density at radius 2 is 1.36 bits per heavy atom. The van der Waals surface area contributed by atoms with Crippen molar-refractivity contribution in [2.45, 2.75) is 51.6 Å². The molecule has 80 valence electrons. The number of allylic oxidation sites excluding steroid dienone is 4. The molecule has 1 rings (SSSR count). The standard InChI is InChI=1S/C13H22O/c1-12-10-8-6-4-2-3-5-7-9-11-13(12)14/h4-7,12-14H,2-3,8-11H2,1H3. The Morgan fingerprint density at radius 1 is 0.857 bits per heavy atom. The van der Waals surface area contributed by atoms with Crippen molar-refractivity contribution < 1.29 is 5.11 Å². The van der Waals surface area contributed by atoms with Gasteiger partial charge in [0.05, 0.1) is 6.10 Å². The van der Waals surface area contributed by atoms with Crippen LogP contribution in [0.4, 0.5) is 0 Å². The van der Waals surface area contributed by atoms with E-state index in [4.69, 9.17) is 0 Å². The van der Waals surface area contributed by atoms with Gasteiger partial charge in [-0.1, -0.05) is 31.2 Å². The van der Waals surface area contributed by atoms with Crippen molar-refractivity contribution in [3.05, 3.63) is 24.3 Å². The Kier molecular flexibility index (Phi) is 5.62. The minimum Gasteiger partial charge on any atom is -0.393 e. The molecule has 0 spiro atoms. The van der Waals surface area contributed by atoms with Crippen LogP contribution in [0.25, 0.3) is 0 Å². The van der Waals surface area contributed by atoms with E-state index in [0.717, 1.165) is 38.5 Å². The highest BCUT2D eigenvalue weighted by Crippen LogP contribution is 2.16. The van der Waals surface area contributed by atoms with Gasteiger partial charge in [-0.15, -0.1) is 0 Å². The molecule has 0 aliphatic heterocycles. The lowest BCUT2D eigenvalue weighted by Crippen LogP contribution is -2.16. The van der Waals surface area contributed by atoms with Gasteiger partial charge in [-0.2, -0.15) is 0 Å². The predicted octanol–water partition coefficient (Wildman–Crippen LogP) is 3.45. The van der Waals surface area contributed by atoms with Gasteiger partial charge in [0.15, 0.2) is 0 Å². The number of rotatable bonds is 0. The maximum absolute atomic E-state index is 9.80. The van der Waals surface area contributed by atoms with Gasteiger partial charge in [-0.3, -0.25) is 0 Å². The molecule has 14 heavy (non-hydrogen) atoms. The molecular formula is C13H22O. The summed E-state index contributed by atoms with van der Waals surface area (Å²) in [5.74, 6) is 0.437. The number of hydrogen-bond donors (Lipinski definition) is 1. The fourth-order valence-corrected chi connectivity index (χ4v) is 1.77. The zero-order chi connectivity index (χ0) is 10.2. The molecule has 0 aromatic carbocycles. The number of aliphatic hydroxyl groups excluding tert-OH is 1. The third-order valence-corrected chi connectivity index (χ3v) is 2.91. The molecule has 0 saturated carbocycles. The maximum Gasteiger partial charge on any atom is 0.0568 e. The van der Waals surface area contributed by atoms with Gasteiger partial charge in [-0.25, -0.2) is 0 Å². The summed E-state index contributed by atoms with van der Waals surface area (Å²) in [5.41, 5.74) is 0. The molecule has 1 heteroatoms. The molecule has 2 unspecified atom stereocenters. The van der Waals surface area contributed by atoms with Gasteiger partial charge in [0.25, 0.3) is 0 Å². The normalized spacial score (nSPS) is 30.7. The van der Waals surface area contributed by atoms with Crippen molar-refractivity contribution in [2.75, 3.05) is 0 Å². The highest BCUT2D eigenvalue weighted by Gasteiger charge is 2.12. The van der Waals surface area contributed by atoms with Gasteiger partial charge in [0, 0.05) is 0 Å². The van der Waals surface area contributed by atoms with E-state index in [0.29, 0.717) is 5.92 Å². The van der Waals surface area contributed by atoms with E-state index in [1.807, 2.05) is 0 Å². The Bertz CT molecular complexity index is 171. The summed E-state index contributed by atoms with van der Waals surface area (Å²) in [6, 6.07) is 0. The van der Waals surface area contributed by atoms with Crippen molar-refractivity contribution in [3.63, 3.8) is 0 Å². The first-order chi connectivity index (χ1) is 6.80. The second-order valence-electron chi connectivity index (χ2n) is 4.22. The maximum atomic E-state index is 9.80. The van der Waals surface area contributed by atoms with Crippen molar-refractivity contribution in [3.8, 4) is 0 Å². The van der Waals surface area contributed by atoms with Crippen LogP contribution in [0.5, 0.6) is 0 Å². The van der Waals surface area contributed by atoms with Crippen molar-refractivity contribution in [1.82, 2.24) is 0 Å². The molecule has 2 atom stereocenters. The van der Waals surface area contributed by atoms with Crippen LogP contribution in [0.1, 0.15) is 45.4 Å². The molecule has 1 aliphatic rings. The van der Waals surface area contributed by atoms with Crippen LogP contribution in [0.15, 0.2) is 24.3 Å². The fraction of sp³-hybridized carbons (Fsp3) is 0.692. The summed E-state index contributed by atoms with van der Waals surface area (Å²) >= 11 is 0. The molecule has 1 aliphatic carbocycles. The van der Waals surface area contributed by atoms with E-state index in [2.05, 4.69) is 31.2 Å². The predicted molar refractivity (Wildman–Crippen MR) is 61.2 cm³/mol. The van der Waals surface area contributed by atoms with Crippen LogP contribution in [0, 0.1) is 5.92 Å². The van der Waals surface area contributed by atoms with E-state index in [9.17, 15) is 5.11 Å². The van der Waals surface area contributed by atoms with Crippen LogP contribution < -0.4 is 0 Å². The Hall–Kier alpha value is -0.560. The quantitative estimate of drug-likeness (QED) is 0.586. The molecule has 0 aromatic heterocycles. The number of hydrogen-bond acceptors (Lipinski definition) is 1. The van der Waals surface area contributed by atoms with Gasteiger partial charge >= 0.3 is 0 Å². The minimum absolute atomic E-state index is 0.118. The molecule has 1 nitrogen and oxygen atoms in total. The molecule has 0 aromatic rings. The molecule has 1 N–H and O–H groups in total. The molecule has 0 radical (unpaired) electrons. The SMILES string of the molecule is CC1CCC=CCCC=CCCC1O. The summed E-state index contributed by atoms with van der Waals surface area (Å²) in [7, 11) is 0. The average Bonchev–Trinajstić information content (AvgIpc) is 2.18. The third kappa shape index (κ3) is 4.61. The van der Waals surface area contributed by atoms with Crippen LogP contribution in [0.2, 0.25) is 0 Å². The number of aliphatic hydroxyl groups is 1. The van der Waals surface area contributed by atoms with E-state index in [1.165, 1.54) is 0 Å². The Balaban J connectivity index is 2.41. The molecule has 0 fully saturated rings. The lowest BCUT2D eigenvalue weighted by Gasteiger charge is -2.17. The first kappa shape index (κ1) is 11.5. The smallest absolute Gasteiger partial charge is 0.0568 e. The summed E-state index contributed by atoms with van der Waals surface area (Å²) in [6.45, 7) is 2.15. The molecule has 0 heterocycles. The molecule has 0 amide bonds. The average molecular weight is 194 g/mol. The van der Waals surface area contributed by atoms with Crippen LogP contribution in [-0.4, -0.2) is 11.2 Å². The molecule has 0 saturated heterocycles.